The maximum absolute atomic E-state index is 3.85. The Morgan fingerprint density at radius 2 is 1.81 bits per heavy atom. The van der Waals surface area contributed by atoms with Crippen LogP contribution in [0.4, 0.5) is 0 Å². The summed E-state index contributed by atoms with van der Waals surface area (Å²) in [5, 5.41) is 3.85. The van der Waals surface area contributed by atoms with Gasteiger partial charge >= 0.3 is 0 Å². The molecule has 2 aliphatic rings. The average Bonchev–Trinajstić information content (AvgIpc) is 2.08. The molecule has 0 aromatic carbocycles. The van der Waals surface area contributed by atoms with Gasteiger partial charge in [-0.05, 0) is 48.9 Å². The Morgan fingerprint density at radius 3 is 2.31 bits per heavy atom. The molecule has 2 aliphatic carbocycles. The molecular weight excluding hydrogens is 194 g/mol. The van der Waals surface area contributed by atoms with Gasteiger partial charge in [-0.25, -0.2) is 0 Å². The van der Waals surface area contributed by atoms with Gasteiger partial charge in [0.1, 0.15) is 0 Å². The predicted molar refractivity (Wildman–Crippen MR) is 70.5 cm³/mol. The summed E-state index contributed by atoms with van der Waals surface area (Å²) >= 11 is 0. The fourth-order valence-electron chi connectivity index (χ4n) is 3.85. The summed E-state index contributed by atoms with van der Waals surface area (Å²) in [4.78, 5) is 0. The molecule has 1 N–H and O–H groups in total. The third-order valence-corrected chi connectivity index (χ3v) is 4.77. The third kappa shape index (κ3) is 3.00. The standard InChI is InChI=1S/C15H29N/c1-12-8-13(10-14(2,3)9-12)16-11-15(4)6-5-7-15/h12-13,16H,5-11H2,1-4H3. The zero-order valence-corrected chi connectivity index (χ0v) is 11.6. The molecule has 2 rings (SSSR count). The van der Waals surface area contributed by atoms with E-state index in [1.165, 1.54) is 45.1 Å². The summed E-state index contributed by atoms with van der Waals surface area (Å²) in [5.74, 6) is 0.899. The van der Waals surface area contributed by atoms with Gasteiger partial charge in [0.15, 0.2) is 0 Å². The largest absolute Gasteiger partial charge is 0.313 e. The minimum absolute atomic E-state index is 0.551. The molecule has 0 aromatic rings. The highest BCUT2D eigenvalue weighted by Crippen LogP contribution is 2.41. The fourth-order valence-corrected chi connectivity index (χ4v) is 3.85. The van der Waals surface area contributed by atoms with Gasteiger partial charge in [0.2, 0.25) is 0 Å². The van der Waals surface area contributed by atoms with Crippen LogP contribution in [0.15, 0.2) is 0 Å². The Bertz CT molecular complexity index is 240. The lowest BCUT2D eigenvalue weighted by Gasteiger charge is -2.43. The van der Waals surface area contributed by atoms with E-state index in [4.69, 9.17) is 0 Å². The molecule has 2 atom stereocenters. The molecule has 94 valence electrons. The second-order valence-electron chi connectivity index (χ2n) is 7.66. The SMILES string of the molecule is CC1CC(NCC2(C)CCC2)CC(C)(C)C1. The van der Waals surface area contributed by atoms with Crippen molar-refractivity contribution in [2.75, 3.05) is 6.54 Å². The van der Waals surface area contributed by atoms with Crippen LogP contribution in [0.5, 0.6) is 0 Å². The van der Waals surface area contributed by atoms with Gasteiger partial charge in [0.25, 0.3) is 0 Å². The van der Waals surface area contributed by atoms with Gasteiger partial charge in [-0.15, -0.1) is 0 Å². The minimum atomic E-state index is 0.551. The summed E-state index contributed by atoms with van der Waals surface area (Å²) in [7, 11) is 0. The quantitative estimate of drug-likeness (QED) is 0.763. The van der Waals surface area contributed by atoms with E-state index in [0.717, 1.165) is 12.0 Å². The molecule has 1 heteroatoms. The first-order chi connectivity index (χ1) is 7.39. The molecule has 0 heterocycles. The van der Waals surface area contributed by atoms with Crippen LogP contribution in [0, 0.1) is 16.7 Å². The maximum Gasteiger partial charge on any atom is 0.00749 e. The van der Waals surface area contributed by atoms with E-state index < -0.39 is 0 Å². The van der Waals surface area contributed by atoms with Gasteiger partial charge < -0.3 is 5.32 Å². The first-order valence-corrected chi connectivity index (χ1v) is 7.12. The van der Waals surface area contributed by atoms with Gasteiger partial charge in [-0.2, -0.15) is 0 Å². The Labute approximate surface area is 101 Å². The maximum atomic E-state index is 3.85. The number of rotatable bonds is 3. The van der Waals surface area contributed by atoms with Crippen LogP contribution in [-0.4, -0.2) is 12.6 Å². The van der Waals surface area contributed by atoms with E-state index in [1.807, 2.05) is 0 Å². The summed E-state index contributed by atoms with van der Waals surface area (Å²) in [6.45, 7) is 11.0. The molecule has 16 heavy (non-hydrogen) atoms. The number of hydrogen-bond donors (Lipinski definition) is 1. The number of hydrogen-bond acceptors (Lipinski definition) is 1. The van der Waals surface area contributed by atoms with E-state index >= 15 is 0 Å². The predicted octanol–water partition coefficient (Wildman–Crippen LogP) is 3.98. The molecule has 2 unspecified atom stereocenters. The van der Waals surface area contributed by atoms with Crippen molar-refractivity contribution in [3.05, 3.63) is 0 Å². The summed E-state index contributed by atoms with van der Waals surface area (Å²) in [6, 6.07) is 0.774. The molecule has 0 radical (unpaired) electrons. The van der Waals surface area contributed by atoms with Crippen LogP contribution >= 0.6 is 0 Å². The van der Waals surface area contributed by atoms with Crippen molar-refractivity contribution in [3.8, 4) is 0 Å². The van der Waals surface area contributed by atoms with E-state index in [9.17, 15) is 0 Å². The minimum Gasteiger partial charge on any atom is -0.313 e. The molecule has 0 spiro atoms. The third-order valence-electron chi connectivity index (χ3n) is 4.77. The number of nitrogens with one attached hydrogen (secondary N) is 1. The van der Waals surface area contributed by atoms with Crippen molar-refractivity contribution in [2.24, 2.45) is 16.7 Å². The zero-order valence-electron chi connectivity index (χ0n) is 11.6. The lowest BCUT2D eigenvalue weighted by molar-refractivity contribution is 0.113. The van der Waals surface area contributed by atoms with Gasteiger partial charge in [-0.1, -0.05) is 34.1 Å². The molecule has 0 aromatic heterocycles. The molecule has 0 saturated heterocycles. The van der Waals surface area contributed by atoms with Crippen molar-refractivity contribution in [2.45, 2.75) is 72.3 Å². The summed E-state index contributed by atoms with van der Waals surface area (Å²) < 4.78 is 0. The van der Waals surface area contributed by atoms with E-state index in [1.54, 1.807) is 0 Å². The van der Waals surface area contributed by atoms with Crippen LogP contribution < -0.4 is 5.32 Å². The molecule has 2 fully saturated rings. The van der Waals surface area contributed by atoms with Crippen molar-refractivity contribution in [3.63, 3.8) is 0 Å². The van der Waals surface area contributed by atoms with Crippen LogP contribution in [0.3, 0.4) is 0 Å². The van der Waals surface area contributed by atoms with Gasteiger partial charge in [0, 0.05) is 12.6 Å². The highest BCUT2D eigenvalue weighted by Gasteiger charge is 2.35. The first kappa shape index (κ1) is 12.4. The fraction of sp³-hybridized carbons (Fsp3) is 1.00. The molecule has 1 nitrogen and oxygen atoms in total. The molecular formula is C15H29N. The average molecular weight is 223 g/mol. The molecule has 0 aliphatic heterocycles. The van der Waals surface area contributed by atoms with E-state index in [2.05, 4.69) is 33.0 Å². The van der Waals surface area contributed by atoms with Gasteiger partial charge in [0.05, 0.1) is 0 Å². The van der Waals surface area contributed by atoms with Gasteiger partial charge in [-0.3, -0.25) is 0 Å². The van der Waals surface area contributed by atoms with Crippen LogP contribution in [0.1, 0.15) is 66.2 Å². The Kier molecular flexibility index (Phi) is 3.36. The second-order valence-corrected chi connectivity index (χ2v) is 7.66. The lowest BCUT2D eigenvalue weighted by Crippen LogP contribution is -2.46. The molecule has 0 amide bonds. The van der Waals surface area contributed by atoms with Crippen molar-refractivity contribution in [1.29, 1.82) is 0 Å². The van der Waals surface area contributed by atoms with E-state index in [-0.39, 0.29) is 0 Å². The molecule has 0 bridgehead atoms. The smallest absolute Gasteiger partial charge is 0.00749 e. The topological polar surface area (TPSA) is 12.0 Å². The highest BCUT2D eigenvalue weighted by molar-refractivity contribution is 4.90. The summed E-state index contributed by atoms with van der Waals surface area (Å²) in [5.41, 5.74) is 1.18. The van der Waals surface area contributed by atoms with E-state index in [0.29, 0.717) is 10.8 Å². The summed E-state index contributed by atoms with van der Waals surface area (Å²) in [6.07, 6.45) is 8.48. The zero-order chi connectivity index (χ0) is 11.8. The lowest BCUT2D eigenvalue weighted by atomic mass is 9.68. The Hall–Kier alpha value is -0.0400. The first-order valence-electron chi connectivity index (χ1n) is 7.12. The molecule has 2 saturated carbocycles. The van der Waals surface area contributed by atoms with Crippen LogP contribution in [-0.2, 0) is 0 Å². The van der Waals surface area contributed by atoms with Crippen molar-refractivity contribution < 1.29 is 0 Å². The van der Waals surface area contributed by atoms with Crippen LogP contribution in [0.25, 0.3) is 0 Å². The van der Waals surface area contributed by atoms with Crippen molar-refractivity contribution >= 4 is 0 Å². The Balaban J connectivity index is 1.80. The Morgan fingerprint density at radius 1 is 1.12 bits per heavy atom. The van der Waals surface area contributed by atoms with Crippen molar-refractivity contribution in [1.82, 2.24) is 5.32 Å². The highest BCUT2D eigenvalue weighted by atomic mass is 14.9. The van der Waals surface area contributed by atoms with Crippen LogP contribution in [0.2, 0.25) is 0 Å². The normalized spacial score (nSPS) is 36.8. The second kappa shape index (κ2) is 4.33. The monoisotopic (exact) mass is 223 g/mol.